The van der Waals surface area contributed by atoms with Gasteiger partial charge in [-0.2, -0.15) is 0 Å². The van der Waals surface area contributed by atoms with Crippen LogP contribution in [0.3, 0.4) is 0 Å². The molecule has 1 fully saturated rings. The van der Waals surface area contributed by atoms with Gasteiger partial charge < -0.3 is 9.73 Å². The van der Waals surface area contributed by atoms with Gasteiger partial charge in [0.25, 0.3) is 0 Å². The van der Waals surface area contributed by atoms with Gasteiger partial charge in [0.1, 0.15) is 0 Å². The molecule has 2 atom stereocenters. The highest BCUT2D eigenvalue weighted by Crippen LogP contribution is 2.26. The predicted molar refractivity (Wildman–Crippen MR) is 48.5 cm³/mol. The van der Waals surface area contributed by atoms with E-state index in [1.54, 1.807) is 0 Å². The van der Waals surface area contributed by atoms with Crippen LogP contribution in [0.15, 0.2) is 4.42 Å². The summed E-state index contributed by atoms with van der Waals surface area (Å²) in [5.74, 6) is 1.93. The van der Waals surface area contributed by atoms with E-state index in [0.29, 0.717) is 17.9 Å². The maximum absolute atomic E-state index is 5.42. The standard InChI is InChI=1S/C9H15N3O/c1-6-5-8(3-4-10-6)9-12-11-7(2)13-9/h6,8,10H,3-5H2,1-2H3/t6-,8+/m0/s1. The summed E-state index contributed by atoms with van der Waals surface area (Å²) in [6.07, 6.45) is 2.20. The molecule has 2 rings (SSSR count). The average molecular weight is 181 g/mol. The van der Waals surface area contributed by atoms with Crippen molar-refractivity contribution in [3.63, 3.8) is 0 Å². The minimum Gasteiger partial charge on any atom is -0.425 e. The Hall–Kier alpha value is -0.900. The van der Waals surface area contributed by atoms with Gasteiger partial charge in [0.15, 0.2) is 0 Å². The van der Waals surface area contributed by atoms with E-state index in [4.69, 9.17) is 4.42 Å². The Morgan fingerprint density at radius 2 is 2.31 bits per heavy atom. The van der Waals surface area contributed by atoms with Crippen molar-refractivity contribution in [3.05, 3.63) is 11.8 Å². The molecule has 0 bridgehead atoms. The maximum Gasteiger partial charge on any atom is 0.219 e. The summed E-state index contributed by atoms with van der Waals surface area (Å²) in [6, 6.07) is 0.561. The first-order valence-electron chi connectivity index (χ1n) is 4.79. The first-order valence-corrected chi connectivity index (χ1v) is 4.79. The summed E-state index contributed by atoms with van der Waals surface area (Å²) >= 11 is 0. The average Bonchev–Trinajstić information content (AvgIpc) is 2.52. The van der Waals surface area contributed by atoms with Crippen molar-refractivity contribution in [1.82, 2.24) is 15.5 Å². The molecule has 72 valence electrons. The summed E-state index contributed by atoms with van der Waals surface area (Å²) in [5, 5.41) is 11.3. The van der Waals surface area contributed by atoms with Gasteiger partial charge >= 0.3 is 0 Å². The van der Waals surface area contributed by atoms with Gasteiger partial charge in [-0.1, -0.05) is 0 Å². The molecule has 0 unspecified atom stereocenters. The van der Waals surface area contributed by atoms with E-state index in [2.05, 4.69) is 22.4 Å². The Balaban J connectivity index is 2.08. The number of nitrogens with one attached hydrogen (secondary N) is 1. The van der Waals surface area contributed by atoms with Crippen LogP contribution in [-0.4, -0.2) is 22.8 Å². The van der Waals surface area contributed by atoms with Crippen LogP contribution in [0.1, 0.15) is 37.5 Å². The molecule has 0 saturated carbocycles. The minimum absolute atomic E-state index is 0.456. The van der Waals surface area contributed by atoms with Crippen molar-refractivity contribution in [2.24, 2.45) is 0 Å². The predicted octanol–water partition coefficient (Wildman–Crippen LogP) is 1.23. The number of piperidine rings is 1. The van der Waals surface area contributed by atoms with Gasteiger partial charge in [0, 0.05) is 18.9 Å². The smallest absolute Gasteiger partial charge is 0.219 e. The first-order chi connectivity index (χ1) is 6.25. The number of hydrogen-bond donors (Lipinski definition) is 1. The fraction of sp³-hybridized carbons (Fsp3) is 0.778. The van der Waals surface area contributed by atoms with Crippen molar-refractivity contribution < 1.29 is 4.42 Å². The number of nitrogens with zero attached hydrogens (tertiary/aromatic N) is 2. The van der Waals surface area contributed by atoms with Gasteiger partial charge in [-0.15, -0.1) is 10.2 Å². The van der Waals surface area contributed by atoms with E-state index in [-0.39, 0.29) is 0 Å². The molecule has 1 N–H and O–H groups in total. The van der Waals surface area contributed by atoms with Crippen molar-refractivity contribution in [2.75, 3.05) is 6.54 Å². The van der Waals surface area contributed by atoms with E-state index < -0.39 is 0 Å². The molecule has 4 heteroatoms. The highest BCUT2D eigenvalue weighted by atomic mass is 16.4. The van der Waals surface area contributed by atoms with Gasteiger partial charge in [0.2, 0.25) is 11.8 Å². The molecular formula is C9H15N3O. The Labute approximate surface area is 77.7 Å². The van der Waals surface area contributed by atoms with Crippen molar-refractivity contribution in [2.45, 2.75) is 38.6 Å². The topological polar surface area (TPSA) is 51.0 Å². The molecule has 0 radical (unpaired) electrons. The van der Waals surface area contributed by atoms with Gasteiger partial charge in [-0.3, -0.25) is 0 Å². The molecule has 1 aliphatic heterocycles. The highest BCUT2D eigenvalue weighted by molar-refractivity contribution is 4.95. The van der Waals surface area contributed by atoms with Crippen LogP contribution in [0.5, 0.6) is 0 Å². The fourth-order valence-electron chi connectivity index (χ4n) is 1.83. The third kappa shape index (κ3) is 1.88. The Kier molecular flexibility index (Phi) is 2.31. The number of hydrogen-bond acceptors (Lipinski definition) is 4. The van der Waals surface area contributed by atoms with Crippen LogP contribution in [0.2, 0.25) is 0 Å². The zero-order valence-electron chi connectivity index (χ0n) is 8.08. The van der Waals surface area contributed by atoms with Crippen molar-refractivity contribution >= 4 is 0 Å². The van der Waals surface area contributed by atoms with Gasteiger partial charge in [-0.25, -0.2) is 0 Å². The lowest BCUT2D eigenvalue weighted by Crippen LogP contribution is -2.34. The second kappa shape index (κ2) is 3.46. The quantitative estimate of drug-likeness (QED) is 0.708. The lowest BCUT2D eigenvalue weighted by atomic mass is 9.93. The van der Waals surface area contributed by atoms with Gasteiger partial charge in [0.05, 0.1) is 0 Å². The van der Waals surface area contributed by atoms with E-state index in [1.807, 2.05) is 6.92 Å². The van der Waals surface area contributed by atoms with E-state index >= 15 is 0 Å². The highest BCUT2D eigenvalue weighted by Gasteiger charge is 2.23. The number of rotatable bonds is 1. The summed E-state index contributed by atoms with van der Waals surface area (Å²) in [6.45, 7) is 5.07. The van der Waals surface area contributed by atoms with Crippen LogP contribution < -0.4 is 5.32 Å². The zero-order chi connectivity index (χ0) is 9.26. The van der Waals surface area contributed by atoms with Crippen LogP contribution in [-0.2, 0) is 0 Å². The third-order valence-electron chi connectivity index (χ3n) is 2.51. The molecule has 1 aromatic rings. The molecule has 0 spiro atoms. The Morgan fingerprint density at radius 3 is 2.92 bits per heavy atom. The van der Waals surface area contributed by atoms with Crippen LogP contribution in [0.25, 0.3) is 0 Å². The lowest BCUT2D eigenvalue weighted by molar-refractivity contribution is 0.325. The molecule has 0 aromatic carbocycles. The molecule has 1 saturated heterocycles. The number of aryl methyl sites for hydroxylation is 1. The molecule has 2 heterocycles. The van der Waals surface area contributed by atoms with E-state index in [9.17, 15) is 0 Å². The van der Waals surface area contributed by atoms with E-state index in [1.165, 1.54) is 0 Å². The molecular weight excluding hydrogens is 166 g/mol. The largest absolute Gasteiger partial charge is 0.425 e. The molecule has 0 aliphatic carbocycles. The monoisotopic (exact) mass is 181 g/mol. The Morgan fingerprint density at radius 1 is 1.46 bits per heavy atom. The maximum atomic E-state index is 5.42. The normalized spacial score (nSPS) is 29.1. The summed E-state index contributed by atoms with van der Waals surface area (Å²) in [7, 11) is 0. The second-order valence-electron chi connectivity index (χ2n) is 3.74. The van der Waals surface area contributed by atoms with Gasteiger partial charge in [-0.05, 0) is 26.3 Å². The lowest BCUT2D eigenvalue weighted by Gasteiger charge is -2.25. The van der Waals surface area contributed by atoms with Crippen LogP contribution >= 0.6 is 0 Å². The fourth-order valence-corrected chi connectivity index (χ4v) is 1.83. The number of aromatic nitrogens is 2. The molecule has 0 amide bonds. The van der Waals surface area contributed by atoms with Crippen LogP contribution in [0, 0.1) is 6.92 Å². The summed E-state index contributed by atoms with van der Waals surface area (Å²) < 4.78 is 5.42. The first kappa shape index (κ1) is 8.69. The van der Waals surface area contributed by atoms with Crippen LogP contribution in [0.4, 0.5) is 0 Å². The SMILES string of the molecule is Cc1nnc([C@@H]2CCN[C@@H](C)C2)o1. The van der Waals surface area contributed by atoms with Crippen molar-refractivity contribution in [1.29, 1.82) is 0 Å². The molecule has 13 heavy (non-hydrogen) atoms. The molecule has 1 aliphatic rings. The van der Waals surface area contributed by atoms with E-state index in [0.717, 1.165) is 25.3 Å². The minimum atomic E-state index is 0.456. The molecule has 1 aromatic heterocycles. The zero-order valence-corrected chi connectivity index (χ0v) is 8.08. The third-order valence-corrected chi connectivity index (χ3v) is 2.51. The Bertz CT molecular complexity index is 284. The summed E-state index contributed by atoms with van der Waals surface area (Å²) in [5.41, 5.74) is 0. The van der Waals surface area contributed by atoms with Crippen molar-refractivity contribution in [3.8, 4) is 0 Å². The summed E-state index contributed by atoms with van der Waals surface area (Å²) in [4.78, 5) is 0. The second-order valence-corrected chi connectivity index (χ2v) is 3.74. The molecule has 4 nitrogen and oxygen atoms in total.